The van der Waals surface area contributed by atoms with E-state index in [-0.39, 0.29) is 42.3 Å². The molecule has 0 unspecified atom stereocenters. The lowest BCUT2D eigenvalue weighted by Crippen LogP contribution is -2.46. The molecule has 23 heavy (non-hydrogen) atoms. The zero-order valence-electron chi connectivity index (χ0n) is 16.0. The minimum absolute atomic E-state index is 0.0340. The van der Waals surface area contributed by atoms with Crippen LogP contribution in [0.2, 0.25) is 18.1 Å². The van der Waals surface area contributed by atoms with Crippen molar-refractivity contribution in [2.75, 3.05) is 0 Å². The van der Waals surface area contributed by atoms with Gasteiger partial charge in [0.1, 0.15) is 11.6 Å². The van der Waals surface area contributed by atoms with Crippen LogP contribution in [-0.4, -0.2) is 37.2 Å². The molecule has 0 saturated heterocycles. The molecule has 0 aliphatic carbocycles. The number of Topliss-reactive ketones (excluding diaryl/α,β-unsaturated/α-hetero) is 2. The molecular weight excluding hydrogens is 308 g/mol. The number of carbonyl (C=O) groups excluding carboxylic acids is 2. The third-order valence-corrected chi connectivity index (χ3v) is 9.62. The minimum atomic E-state index is -1.77. The molecule has 0 bridgehead atoms. The molecule has 0 aromatic heterocycles. The molecule has 136 valence electrons. The topological polar surface area (TPSA) is 63.6 Å². The molecule has 0 fully saturated rings. The van der Waals surface area contributed by atoms with Crippen molar-refractivity contribution in [3.05, 3.63) is 0 Å². The summed E-state index contributed by atoms with van der Waals surface area (Å²) in [6, 6.07) is 3.19. The molecule has 0 aromatic carbocycles. The number of hydrogen-bond donors (Lipinski definition) is 1. The zero-order valence-corrected chi connectivity index (χ0v) is 17.0. The van der Waals surface area contributed by atoms with Gasteiger partial charge in [-0.1, -0.05) is 41.5 Å². The Morgan fingerprint density at radius 2 is 1.52 bits per heavy atom. The number of aliphatic hydroxyl groups is 1. The Kier molecular flexibility index (Phi) is 10.1. The van der Waals surface area contributed by atoms with E-state index in [1.54, 1.807) is 0 Å². The van der Waals surface area contributed by atoms with E-state index in [4.69, 9.17) is 4.43 Å². The summed E-state index contributed by atoms with van der Waals surface area (Å²) in [6.07, 6.45) is -0.867. The molecule has 0 aliphatic rings. The summed E-state index contributed by atoms with van der Waals surface area (Å²) in [5, 5.41) is 10.4. The van der Waals surface area contributed by atoms with Crippen molar-refractivity contribution in [1.82, 2.24) is 0 Å². The van der Waals surface area contributed by atoms with E-state index in [2.05, 4.69) is 34.6 Å². The molecule has 0 amide bonds. The molecule has 0 spiro atoms. The van der Waals surface area contributed by atoms with Gasteiger partial charge >= 0.3 is 0 Å². The van der Waals surface area contributed by atoms with Crippen molar-refractivity contribution < 1.29 is 19.1 Å². The van der Waals surface area contributed by atoms with Gasteiger partial charge in [0.05, 0.1) is 18.6 Å². The summed E-state index contributed by atoms with van der Waals surface area (Å²) in [5.41, 5.74) is 0. The Balaban J connectivity index is 5.01. The summed E-state index contributed by atoms with van der Waals surface area (Å²) in [4.78, 5) is 22.8. The van der Waals surface area contributed by atoms with Crippen LogP contribution in [0, 0.1) is 11.8 Å². The lowest BCUT2D eigenvalue weighted by atomic mass is 9.88. The van der Waals surface area contributed by atoms with Gasteiger partial charge in [-0.25, -0.2) is 0 Å². The molecule has 0 saturated carbocycles. The third kappa shape index (κ3) is 7.27. The lowest BCUT2D eigenvalue weighted by molar-refractivity contribution is -0.127. The molecule has 3 atom stereocenters. The summed E-state index contributed by atoms with van der Waals surface area (Å²) >= 11 is 0. The van der Waals surface area contributed by atoms with Gasteiger partial charge in [-0.2, -0.15) is 0 Å². The van der Waals surface area contributed by atoms with E-state index in [1.807, 2.05) is 6.92 Å². The summed E-state index contributed by atoms with van der Waals surface area (Å²) in [7, 11) is -1.77. The third-order valence-electron chi connectivity index (χ3n) is 4.98. The van der Waals surface area contributed by atoms with Gasteiger partial charge in [-0.3, -0.25) is 9.59 Å². The zero-order chi connectivity index (χ0) is 18.2. The fourth-order valence-electron chi connectivity index (χ4n) is 3.13. The molecule has 4 nitrogen and oxygen atoms in total. The van der Waals surface area contributed by atoms with Crippen LogP contribution >= 0.6 is 0 Å². The van der Waals surface area contributed by atoms with Crippen LogP contribution in [0.25, 0.3) is 0 Å². The maximum Gasteiger partial charge on any atom is 0.192 e. The van der Waals surface area contributed by atoms with Gasteiger partial charge in [0.15, 0.2) is 8.32 Å². The molecule has 0 radical (unpaired) electrons. The van der Waals surface area contributed by atoms with Gasteiger partial charge < -0.3 is 9.53 Å². The van der Waals surface area contributed by atoms with Gasteiger partial charge in [0, 0.05) is 12.3 Å². The smallest absolute Gasteiger partial charge is 0.192 e. The first-order chi connectivity index (χ1) is 10.6. The molecule has 0 heterocycles. The minimum Gasteiger partial charge on any atom is -0.413 e. The van der Waals surface area contributed by atoms with E-state index in [9.17, 15) is 14.7 Å². The number of ketones is 2. The first-order valence-corrected chi connectivity index (χ1v) is 11.5. The monoisotopic (exact) mass is 344 g/mol. The predicted octanol–water partition coefficient (Wildman–Crippen LogP) is 3.97. The van der Waals surface area contributed by atoms with E-state index >= 15 is 0 Å². The Bertz CT molecular complexity index is 369. The van der Waals surface area contributed by atoms with E-state index in [1.165, 1.54) is 6.92 Å². The van der Waals surface area contributed by atoms with Crippen molar-refractivity contribution in [1.29, 1.82) is 0 Å². The SMILES string of the molecule is CC[Si](CC)(CC)O[C@H](C(C)C)[C@@H](C)[C@@H](O)CC(=O)CC(C)=O. The van der Waals surface area contributed by atoms with Gasteiger partial charge in [0.25, 0.3) is 0 Å². The van der Waals surface area contributed by atoms with Crippen LogP contribution in [-0.2, 0) is 14.0 Å². The second-order valence-electron chi connectivity index (χ2n) is 7.12. The van der Waals surface area contributed by atoms with Crippen LogP contribution < -0.4 is 0 Å². The van der Waals surface area contributed by atoms with Crippen molar-refractivity contribution in [3.8, 4) is 0 Å². The summed E-state index contributed by atoms with van der Waals surface area (Å²) < 4.78 is 6.59. The quantitative estimate of drug-likeness (QED) is 0.430. The lowest BCUT2D eigenvalue weighted by Gasteiger charge is -2.39. The van der Waals surface area contributed by atoms with Crippen molar-refractivity contribution >= 4 is 19.9 Å². The highest BCUT2D eigenvalue weighted by Crippen LogP contribution is 2.30. The van der Waals surface area contributed by atoms with Crippen molar-refractivity contribution in [3.63, 3.8) is 0 Å². The standard InChI is InChI=1S/C18H36O4Si/c1-8-23(9-2,10-3)22-18(13(4)5)15(7)17(21)12-16(20)11-14(6)19/h13,15,17-18,21H,8-12H2,1-7H3/t15-,17-,18+/m0/s1. The fraction of sp³-hybridized carbons (Fsp3) is 0.889. The highest BCUT2D eigenvalue weighted by molar-refractivity contribution is 6.73. The van der Waals surface area contributed by atoms with Crippen LogP contribution in [0.15, 0.2) is 0 Å². The molecule has 0 rings (SSSR count). The number of rotatable bonds is 12. The van der Waals surface area contributed by atoms with E-state index in [0.717, 1.165) is 18.1 Å². The summed E-state index contributed by atoms with van der Waals surface area (Å²) in [6.45, 7) is 14.1. The number of hydrogen-bond acceptors (Lipinski definition) is 4. The van der Waals surface area contributed by atoms with E-state index < -0.39 is 14.4 Å². The van der Waals surface area contributed by atoms with Crippen LogP contribution in [0.4, 0.5) is 0 Å². The Morgan fingerprint density at radius 3 is 1.87 bits per heavy atom. The predicted molar refractivity (Wildman–Crippen MR) is 97.0 cm³/mol. The summed E-state index contributed by atoms with van der Waals surface area (Å²) in [5.74, 6) is -0.188. The average molecular weight is 345 g/mol. The van der Waals surface area contributed by atoms with E-state index in [0.29, 0.717) is 0 Å². The molecule has 5 heteroatoms. The largest absolute Gasteiger partial charge is 0.413 e. The molecule has 0 aliphatic heterocycles. The number of aliphatic hydroxyl groups excluding tert-OH is 1. The van der Waals surface area contributed by atoms with Crippen molar-refractivity contribution in [2.24, 2.45) is 11.8 Å². The maximum absolute atomic E-state index is 11.8. The molecule has 0 aromatic rings. The Morgan fingerprint density at radius 1 is 1.04 bits per heavy atom. The maximum atomic E-state index is 11.8. The van der Waals surface area contributed by atoms with Gasteiger partial charge in [0.2, 0.25) is 0 Å². The van der Waals surface area contributed by atoms with Crippen molar-refractivity contribution in [2.45, 2.75) is 91.6 Å². The normalized spacial score (nSPS) is 16.2. The van der Waals surface area contributed by atoms with Crippen LogP contribution in [0.1, 0.15) is 61.3 Å². The van der Waals surface area contributed by atoms with Gasteiger partial charge in [-0.15, -0.1) is 0 Å². The Labute approximate surface area is 143 Å². The highest BCUT2D eigenvalue weighted by atomic mass is 28.4. The average Bonchev–Trinajstić information content (AvgIpc) is 2.47. The molecular formula is C18H36O4Si. The Hall–Kier alpha value is -0.523. The number of carbonyl (C=O) groups is 2. The molecule has 1 N–H and O–H groups in total. The van der Waals surface area contributed by atoms with Crippen LogP contribution in [0.3, 0.4) is 0 Å². The second kappa shape index (κ2) is 10.4. The fourth-order valence-corrected chi connectivity index (χ4v) is 6.19. The second-order valence-corrected chi connectivity index (χ2v) is 11.8. The van der Waals surface area contributed by atoms with Gasteiger partial charge in [-0.05, 0) is 31.0 Å². The first kappa shape index (κ1) is 22.5. The highest BCUT2D eigenvalue weighted by Gasteiger charge is 2.37. The first-order valence-electron chi connectivity index (χ1n) is 8.99. The van der Waals surface area contributed by atoms with Crippen LogP contribution in [0.5, 0.6) is 0 Å².